The van der Waals surface area contributed by atoms with Crippen LogP contribution in [0.4, 0.5) is 0 Å². The molecule has 2 unspecified atom stereocenters. The summed E-state index contributed by atoms with van der Waals surface area (Å²) in [5.74, 6) is 2.07. The third kappa shape index (κ3) is 3.19. The second-order valence-corrected chi connectivity index (χ2v) is 5.38. The maximum Gasteiger partial charge on any atom is 0.122 e. The molecule has 2 heterocycles. The number of likely N-dealkylation sites (N-methyl/N-ethyl adjacent to an activating group) is 1. The van der Waals surface area contributed by atoms with Crippen LogP contribution in [0.3, 0.4) is 0 Å². The highest BCUT2D eigenvalue weighted by molar-refractivity contribution is 5.12. The van der Waals surface area contributed by atoms with Crippen LogP contribution in [0.15, 0.2) is 16.5 Å². The fraction of sp³-hybridized carbons (Fsp3) is 0.733. The molecule has 1 aromatic rings. The van der Waals surface area contributed by atoms with E-state index in [2.05, 4.69) is 42.7 Å². The van der Waals surface area contributed by atoms with Crippen molar-refractivity contribution in [2.24, 2.45) is 5.73 Å². The molecule has 4 nitrogen and oxygen atoms in total. The highest BCUT2D eigenvalue weighted by atomic mass is 16.3. The number of hydrogen-bond donors (Lipinski definition) is 1. The molecule has 2 N–H and O–H groups in total. The van der Waals surface area contributed by atoms with Gasteiger partial charge < -0.3 is 10.2 Å². The van der Waals surface area contributed by atoms with E-state index < -0.39 is 0 Å². The highest BCUT2D eigenvalue weighted by Gasteiger charge is 2.29. The van der Waals surface area contributed by atoms with Gasteiger partial charge >= 0.3 is 0 Å². The Balaban J connectivity index is 2.06. The minimum absolute atomic E-state index is 0.224. The summed E-state index contributed by atoms with van der Waals surface area (Å²) in [5.41, 5.74) is 5.98. The van der Waals surface area contributed by atoms with E-state index >= 15 is 0 Å². The largest absolute Gasteiger partial charge is 0.464 e. The van der Waals surface area contributed by atoms with Crippen LogP contribution in [0, 0.1) is 0 Å². The third-order valence-corrected chi connectivity index (χ3v) is 4.23. The Labute approximate surface area is 116 Å². The van der Waals surface area contributed by atoms with E-state index in [-0.39, 0.29) is 6.04 Å². The maximum atomic E-state index is 5.98. The summed E-state index contributed by atoms with van der Waals surface area (Å²) in [6.45, 7) is 11.6. The summed E-state index contributed by atoms with van der Waals surface area (Å²) in [6.07, 6.45) is 0.942. The van der Waals surface area contributed by atoms with Crippen molar-refractivity contribution in [3.05, 3.63) is 23.7 Å². The topological polar surface area (TPSA) is 45.6 Å². The number of furan rings is 1. The summed E-state index contributed by atoms with van der Waals surface area (Å²) in [4.78, 5) is 4.98. The van der Waals surface area contributed by atoms with E-state index in [0.717, 1.165) is 44.1 Å². The summed E-state index contributed by atoms with van der Waals surface area (Å²) < 4.78 is 5.89. The molecule has 2 rings (SSSR count). The zero-order chi connectivity index (χ0) is 13.8. The number of aryl methyl sites for hydroxylation is 1. The van der Waals surface area contributed by atoms with E-state index in [4.69, 9.17) is 10.2 Å². The Morgan fingerprint density at radius 1 is 1.37 bits per heavy atom. The Morgan fingerprint density at radius 2 is 2.16 bits per heavy atom. The van der Waals surface area contributed by atoms with Gasteiger partial charge in [-0.3, -0.25) is 9.80 Å². The molecule has 1 fully saturated rings. The van der Waals surface area contributed by atoms with Gasteiger partial charge in [-0.25, -0.2) is 0 Å². The van der Waals surface area contributed by atoms with Crippen molar-refractivity contribution in [2.75, 3.05) is 32.7 Å². The van der Waals surface area contributed by atoms with Crippen molar-refractivity contribution in [3.63, 3.8) is 0 Å². The second kappa shape index (κ2) is 6.55. The van der Waals surface area contributed by atoms with Crippen LogP contribution in [-0.2, 0) is 6.42 Å². The Morgan fingerprint density at radius 3 is 2.68 bits per heavy atom. The van der Waals surface area contributed by atoms with Gasteiger partial charge in [-0.2, -0.15) is 0 Å². The first-order valence-electron chi connectivity index (χ1n) is 7.46. The lowest BCUT2D eigenvalue weighted by Crippen LogP contribution is -2.53. The van der Waals surface area contributed by atoms with Crippen molar-refractivity contribution in [2.45, 2.75) is 39.3 Å². The van der Waals surface area contributed by atoms with Gasteiger partial charge in [0.2, 0.25) is 0 Å². The van der Waals surface area contributed by atoms with Gasteiger partial charge in [-0.05, 0) is 25.6 Å². The fourth-order valence-electron chi connectivity index (χ4n) is 2.99. The second-order valence-electron chi connectivity index (χ2n) is 5.38. The molecule has 0 spiro atoms. The molecular weight excluding hydrogens is 238 g/mol. The molecule has 0 aromatic carbocycles. The van der Waals surface area contributed by atoms with Crippen LogP contribution < -0.4 is 5.73 Å². The fourth-order valence-corrected chi connectivity index (χ4v) is 2.99. The first-order chi connectivity index (χ1) is 9.19. The van der Waals surface area contributed by atoms with Crippen molar-refractivity contribution < 1.29 is 4.42 Å². The summed E-state index contributed by atoms with van der Waals surface area (Å²) in [5, 5.41) is 0. The van der Waals surface area contributed by atoms with Crippen LogP contribution in [-0.4, -0.2) is 48.6 Å². The summed E-state index contributed by atoms with van der Waals surface area (Å²) in [7, 11) is 0. The van der Waals surface area contributed by atoms with Gasteiger partial charge in [0.05, 0.1) is 6.04 Å². The smallest absolute Gasteiger partial charge is 0.122 e. The van der Waals surface area contributed by atoms with Crippen molar-refractivity contribution in [1.29, 1.82) is 0 Å². The zero-order valence-corrected chi connectivity index (χ0v) is 12.4. The molecule has 0 aliphatic carbocycles. The number of piperazine rings is 1. The molecule has 0 bridgehead atoms. The molecule has 0 radical (unpaired) electrons. The Kier molecular flexibility index (Phi) is 5.02. The van der Waals surface area contributed by atoms with Gasteiger partial charge in [0.1, 0.15) is 11.5 Å². The lowest BCUT2D eigenvalue weighted by atomic mass is 10.1. The van der Waals surface area contributed by atoms with Crippen molar-refractivity contribution in [3.8, 4) is 0 Å². The Hall–Kier alpha value is -0.840. The quantitative estimate of drug-likeness (QED) is 0.883. The molecule has 108 valence electrons. The van der Waals surface area contributed by atoms with Crippen molar-refractivity contribution in [1.82, 2.24) is 9.80 Å². The molecular formula is C15H27N3O. The van der Waals surface area contributed by atoms with Gasteiger partial charge in [-0.1, -0.05) is 13.8 Å². The van der Waals surface area contributed by atoms with Gasteiger partial charge in [-0.15, -0.1) is 0 Å². The van der Waals surface area contributed by atoms with Crippen molar-refractivity contribution >= 4 is 0 Å². The standard InChI is InChI=1S/C15H27N3O/c1-4-13-6-7-15(19-13)14(10-16)18-9-8-17(5-2)12(3)11-18/h6-7,12,14H,4-5,8-11,16H2,1-3H3. The minimum Gasteiger partial charge on any atom is -0.464 e. The molecule has 0 amide bonds. The zero-order valence-electron chi connectivity index (χ0n) is 12.4. The lowest BCUT2D eigenvalue weighted by molar-refractivity contribution is 0.0537. The molecule has 1 aromatic heterocycles. The van der Waals surface area contributed by atoms with Crippen LogP contribution in [0.2, 0.25) is 0 Å². The molecule has 2 atom stereocenters. The molecule has 0 saturated carbocycles. The van der Waals surface area contributed by atoms with E-state index in [9.17, 15) is 0 Å². The van der Waals surface area contributed by atoms with E-state index in [0.29, 0.717) is 12.6 Å². The van der Waals surface area contributed by atoms with Gasteiger partial charge in [0.15, 0.2) is 0 Å². The molecule has 1 aliphatic heterocycles. The number of hydrogen-bond acceptors (Lipinski definition) is 4. The normalized spacial score (nSPS) is 23.7. The average molecular weight is 265 g/mol. The van der Waals surface area contributed by atoms with Crippen LogP contribution in [0.1, 0.15) is 38.3 Å². The first-order valence-corrected chi connectivity index (χ1v) is 7.46. The maximum absolute atomic E-state index is 5.98. The summed E-state index contributed by atoms with van der Waals surface area (Å²) in [6, 6.07) is 4.98. The number of nitrogens with two attached hydrogens (primary N) is 1. The monoisotopic (exact) mass is 265 g/mol. The Bertz CT molecular complexity index is 390. The predicted molar refractivity (Wildman–Crippen MR) is 78.2 cm³/mol. The molecule has 4 heteroatoms. The predicted octanol–water partition coefficient (Wildman–Crippen LogP) is 1.87. The molecule has 1 aliphatic rings. The average Bonchev–Trinajstić information content (AvgIpc) is 2.88. The van der Waals surface area contributed by atoms with E-state index in [1.807, 2.05) is 0 Å². The van der Waals surface area contributed by atoms with Gasteiger partial charge in [0, 0.05) is 38.6 Å². The molecule has 1 saturated heterocycles. The number of rotatable bonds is 5. The van der Waals surface area contributed by atoms with E-state index in [1.54, 1.807) is 0 Å². The highest BCUT2D eigenvalue weighted by Crippen LogP contribution is 2.25. The van der Waals surface area contributed by atoms with Crippen LogP contribution >= 0.6 is 0 Å². The van der Waals surface area contributed by atoms with E-state index in [1.165, 1.54) is 0 Å². The first kappa shape index (κ1) is 14.6. The van der Waals surface area contributed by atoms with Crippen LogP contribution in [0.5, 0.6) is 0 Å². The lowest BCUT2D eigenvalue weighted by Gasteiger charge is -2.42. The molecule has 19 heavy (non-hydrogen) atoms. The number of nitrogens with zero attached hydrogens (tertiary/aromatic N) is 2. The third-order valence-electron chi connectivity index (χ3n) is 4.23. The minimum atomic E-state index is 0.224. The van der Waals surface area contributed by atoms with Crippen LogP contribution in [0.25, 0.3) is 0 Å². The summed E-state index contributed by atoms with van der Waals surface area (Å²) >= 11 is 0. The SMILES string of the molecule is CCc1ccc(C(CN)N2CCN(CC)C(C)C2)o1. The van der Waals surface area contributed by atoms with Gasteiger partial charge in [0.25, 0.3) is 0 Å².